The van der Waals surface area contributed by atoms with Gasteiger partial charge in [0.25, 0.3) is 11.5 Å². The van der Waals surface area contributed by atoms with Gasteiger partial charge in [-0.3, -0.25) is 19.4 Å². The predicted octanol–water partition coefficient (Wildman–Crippen LogP) is 1.96. The van der Waals surface area contributed by atoms with Crippen LogP contribution in [0.2, 0.25) is 0 Å². The molecule has 8 heteroatoms. The van der Waals surface area contributed by atoms with E-state index in [0.717, 1.165) is 29.7 Å². The number of carbonyl (C=O) groups excluding carboxylic acids is 2. The molecule has 0 atom stereocenters. The Morgan fingerprint density at radius 3 is 2.77 bits per heavy atom. The first kappa shape index (κ1) is 21.1. The highest BCUT2D eigenvalue weighted by atomic mass is 16.2. The van der Waals surface area contributed by atoms with E-state index in [1.165, 1.54) is 0 Å². The highest BCUT2D eigenvalue weighted by Gasteiger charge is 2.32. The molecule has 31 heavy (non-hydrogen) atoms. The third-order valence-electron chi connectivity index (χ3n) is 5.72. The molecule has 3 heterocycles. The minimum absolute atomic E-state index is 0.0236. The summed E-state index contributed by atoms with van der Waals surface area (Å²) in [6.45, 7) is 5.62. The van der Waals surface area contributed by atoms with Gasteiger partial charge in [0.05, 0.1) is 12.2 Å². The number of fused-ring (bicyclic) bond motifs is 1. The lowest BCUT2D eigenvalue weighted by Crippen LogP contribution is -2.43. The van der Waals surface area contributed by atoms with Crippen molar-refractivity contribution in [1.82, 2.24) is 19.8 Å². The molecule has 2 amide bonds. The van der Waals surface area contributed by atoms with Crippen molar-refractivity contribution >= 4 is 17.5 Å². The van der Waals surface area contributed by atoms with Gasteiger partial charge in [-0.1, -0.05) is 13.8 Å². The van der Waals surface area contributed by atoms with Crippen LogP contribution in [0.25, 0.3) is 0 Å². The van der Waals surface area contributed by atoms with Crippen LogP contribution in [-0.2, 0) is 17.8 Å². The SMILES string of the molecule is CC(C)CNC(=O)c1c2c(cn(C3CC3)c1=O)CN(C(=O)CNc1cccnc1)CC2. The van der Waals surface area contributed by atoms with Crippen LogP contribution in [0.1, 0.15) is 54.2 Å². The van der Waals surface area contributed by atoms with Crippen LogP contribution >= 0.6 is 0 Å². The summed E-state index contributed by atoms with van der Waals surface area (Å²) >= 11 is 0. The number of carbonyl (C=O) groups is 2. The van der Waals surface area contributed by atoms with Crippen LogP contribution in [0.15, 0.2) is 35.5 Å². The van der Waals surface area contributed by atoms with Crippen LogP contribution in [0, 0.1) is 5.92 Å². The first-order valence-electron chi connectivity index (χ1n) is 10.9. The Labute approximate surface area is 181 Å². The lowest BCUT2D eigenvalue weighted by molar-refractivity contribution is -0.130. The fourth-order valence-electron chi connectivity index (χ4n) is 3.89. The zero-order valence-electron chi connectivity index (χ0n) is 18.1. The summed E-state index contributed by atoms with van der Waals surface area (Å²) in [5, 5.41) is 6.00. The van der Waals surface area contributed by atoms with E-state index in [1.54, 1.807) is 21.9 Å². The van der Waals surface area contributed by atoms with E-state index in [4.69, 9.17) is 0 Å². The summed E-state index contributed by atoms with van der Waals surface area (Å²) in [7, 11) is 0. The summed E-state index contributed by atoms with van der Waals surface area (Å²) in [5.74, 6) is -0.0259. The molecule has 0 spiro atoms. The van der Waals surface area contributed by atoms with Crippen molar-refractivity contribution in [3.63, 3.8) is 0 Å². The highest BCUT2D eigenvalue weighted by molar-refractivity contribution is 5.96. The standard InChI is InChI=1S/C23H29N5O3/c1-15(2)10-26-22(30)21-19-7-9-27(20(29)12-25-17-4-3-8-24-11-17)13-16(19)14-28(23(21)31)18-5-6-18/h3-4,8,11,14-15,18,25H,5-7,9-10,12-13H2,1-2H3,(H,26,30). The molecule has 2 aliphatic rings. The molecule has 2 aromatic heterocycles. The predicted molar refractivity (Wildman–Crippen MR) is 118 cm³/mol. The summed E-state index contributed by atoms with van der Waals surface area (Å²) in [6.07, 6.45) is 7.62. The molecule has 2 aromatic rings. The van der Waals surface area contributed by atoms with Gasteiger partial charge in [-0.15, -0.1) is 0 Å². The topological polar surface area (TPSA) is 96.3 Å². The summed E-state index contributed by atoms with van der Waals surface area (Å²) in [5.41, 5.74) is 2.51. The van der Waals surface area contributed by atoms with E-state index in [-0.39, 0.29) is 35.5 Å². The van der Waals surface area contributed by atoms with Crippen LogP contribution < -0.4 is 16.2 Å². The van der Waals surface area contributed by atoms with Crippen molar-refractivity contribution in [1.29, 1.82) is 0 Å². The molecule has 0 aromatic carbocycles. The largest absolute Gasteiger partial charge is 0.375 e. The van der Waals surface area contributed by atoms with Crippen LogP contribution in [0.5, 0.6) is 0 Å². The van der Waals surface area contributed by atoms with Gasteiger partial charge in [-0.2, -0.15) is 0 Å². The van der Waals surface area contributed by atoms with Crippen molar-refractivity contribution in [2.24, 2.45) is 5.92 Å². The van der Waals surface area contributed by atoms with E-state index in [2.05, 4.69) is 15.6 Å². The van der Waals surface area contributed by atoms with Gasteiger partial charge in [0.1, 0.15) is 5.56 Å². The lowest BCUT2D eigenvalue weighted by Gasteiger charge is -2.30. The minimum atomic E-state index is -0.303. The molecule has 8 nitrogen and oxygen atoms in total. The normalized spacial score (nSPS) is 15.5. The Morgan fingerprint density at radius 2 is 2.10 bits per heavy atom. The van der Waals surface area contributed by atoms with E-state index >= 15 is 0 Å². The van der Waals surface area contributed by atoms with Gasteiger partial charge in [0, 0.05) is 44.3 Å². The maximum absolute atomic E-state index is 13.1. The molecule has 0 radical (unpaired) electrons. The van der Waals surface area contributed by atoms with Crippen LogP contribution in [0.3, 0.4) is 0 Å². The Balaban J connectivity index is 1.54. The number of hydrogen-bond donors (Lipinski definition) is 2. The average molecular weight is 424 g/mol. The maximum atomic E-state index is 13.1. The molecule has 4 rings (SSSR count). The molecule has 1 fully saturated rings. The van der Waals surface area contributed by atoms with Gasteiger partial charge < -0.3 is 20.1 Å². The van der Waals surface area contributed by atoms with E-state index in [0.29, 0.717) is 32.0 Å². The lowest BCUT2D eigenvalue weighted by atomic mass is 9.95. The Bertz CT molecular complexity index is 1030. The number of hydrogen-bond acceptors (Lipinski definition) is 5. The smallest absolute Gasteiger partial charge is 0.263 e. The quantitative estimate of drug-likeness (QED) is 0.710. The molecule has 164 valence electrons. The monoisotopic (exact) mass is 423 g/mol. The van der Waals surface area contributed by atoms with Crippen molar-refractivity contribution in [3.8, 4) is 0 Å². The van der Waals surface area contributed by atoms with Gasteiger partial charge in [0.2, 0.25) is 5.91 Å². The fourth-order valence-corrected chi connectivity index (χ4v) is 3.89. The first-order chi connectivity index (χ1) is 14.9. The zero-order chi connectivity index (χ0) is 22.0. The molecule has 0 saturated heterocycles. The van der Waals surface area contributed by atoms with Crippen molar-refractivity contribution in [2.45, 2.75) is 45.7 Å². The molecular weight excluding hydrogens is 394 g/mol. The average Bonchev–Trinajstić information content (AvgIpc) is 3.61. The third kappa shape index (κ3) is 4.78. The number of anilines is 1. The zero-order valence-corrected chi connectivity index (χ0v) is 18.1. The van der Waals surface area contributed by atoms with Crippen molar-refractivity contribution < 1.29 is 9.59 Å². The van der Waals surface area contributed by atoms with Crippen molar-refractivity contribution in [2.75, 3.05) is 25.0 Å². The second-order valence-corrected chi connectivity index (χ2v) is 8.72. The van der Waals surface area contributed by atoms with E-state index in [1.807, 2.05) is 32.2 Å². The van der Waals surface area contributed by atoms with Gasteiger partial charge in [0.15, 0.2) is 0 Å². The summed E-state index contributed by atoms with van der Waals surface area (Å²) in [6, 6.07) is 3.84. The van der Waals surface area contributed by atoms with Crippen molar-refractivity contribution in [3.05, 3.63) is 57.8 Å². The maximum Gasteiger partial charge on any atom is 0.263 e. The van der Waals surface area contributed by atoms with Crippen LogP contribution in [-0.4, -0.2) is 45.9 Å². The highest BCUT2D eigenvalue weighted by Crippen LogP contribution is 2.34. The number of nitrogens with zero attached hydrogens (tertiary/aromatic N) is 3. The van der Waals surface area contributed by atoms with E-state index in [9.17, 15) is 14.4 Å². The molecular formula is C23H29N5O3. The first-order valence-corrected chi connectivity index (χ1v) is 10.9. The molecule has 1 aliphatic carbocycles. The number of nitrogens with one attached hydrogen (secondary N) is 2. The van der Waals surface area contributed by atoms with Crippen LogP contribution in [0.4, 0.5) is 5.69 Å². The number of pyridine rings is 2. The molecule has 0 unspecified atom stereocenters. The summed E-state index contributed by atoms with van der Waals surface area (Å²) < 4.78 is 1.70. The fraction of sp³-hybridized carbons (Fsp3) is 0.478. The van der Waals surface area contributed by atoms with Gasteiger partial charge in [-0.25, -0.2) is 0 Å². The number of aromatic nitrogens is 2. The molecule has 1 aliphatic heterocycles. The summed E-state index contributed by atoms with van der Waals surface area (Å²) in [4.78, 5) is 44.6. The Morgan fingerprint density at radius 1 is 1.29 bits per heavy atom. The number of rotatable bonds is 7. The third-order valence-corrected chi connectivity index (χ3v) is 5.72. The minimum Gasteiger partial charge on any atom is -0.375 e. The Kier molecular flexibility index (Phi) is 6.06. The molecule has 1 saturated carbocycles. The van der Waals surface area contributed by atoms with E-state index < -0.39 is 0 Å². The molecule has 2 N–H and O–H groups in total. The second kappa shape index (κ2) is 8.91. The molecule has 0 bridgehead atoms. The Hall–Kier alpha value is -3.16. The van der Waals surface area contributed by atoms with Gasteiger partial charge >= 0.3 is 0 Å². The van der Waals surface area contributed by atoms with Gasteiger partial charge in [-0.05, 0) is 48.4 Å². The second-order valence-electron chi connectivity index (χ2n) is 8.72. The number of amides is 2.